The number of hydrogen-bond donors (Lipinski definition) is 5. The van der Waals surface area contributed by atoms with E-state index in [0.717, 1.165) is 6.29 Å². The van der Waals surface area contributed by atoms with Gasteiger partial charge in [0, 0.05) is 82.1 Å². The van der Waals surface area contributed by atoms with Gasteiger partial charge in [-0.1, -0.05) is 13.8 Å². The molecule has 0 aliphatic carbocycles. The summed E-state index contributed by atoms with van der Waals surface area (Å²) < 4.78 is 0. The molecule has 0 saturated heterocycles. The van der Waals surface area contributed by atoms with E-state index in [1.807, 2.05) is 13.8 Å². The molecule has 0 rings (SSSR count). The number of amides is 4. The third-order valence-electron chi connectivity index (χ3n) is 8.17. The number of carbonyl (C=O) groups is 8. The molecule has 13 heteroatoms. The van der Waals surface area contributed by atoms with E-state index in [4.69, 9.17) is 0 Å². The van der Waals surface area contributed by atoms with E-state index in [-0.39, 0.29) is 104 Å². The molecule has 0 heterocycles. The second-order valence-corrected chi connectivity index (χ2v) is 13.1. The van der Waals surface area contributed by atoms with E-state index in [1.165, 1.54) is 20.8 Å². The molecule has 0 fully saturated rings. The minimum atomic E-state index is -0.621. The van der Waals surface area contributed by atoms with Gasteiger partial charge in [-0.15, -0.1) is 0 Å². The Balaban J connectivity index is 5.14. The highest BCUT2D eigenvalue weighted by atomic mass is 16.2. The van der Waals surface area contributed by atoms with E-state index >= 15 is 0 Å². The van der Waals surface area contributed by atoms with E-state index in [2.05, 4.69) is 26.6 Å². The molecule has 0 aromatic carbocycles. The van der Waals surface area contributed by atoms with Crippen molar-refractivity contribution < 1.29 is 38.4 Å². The smallest absolute Gasteiger partial charge is 0.222 e. The number of aldehydes is 1. The number of nitrogens with one attached hydrogen (secondary N) is 5. The highest BCUT2D eigenvalue weighted by Gasteiger charge is 2.22. The molecule has 13 nitrogen and oxygen atoms in total. The number of Topliss-reactive ketones (excluding diaryl/α,β-unsaturated/α-hetero) is 3. The van der Waals surface area contributed by atoms with Gasteiger partial charge in [0.05, 0.1) is 0 Å². The van der Waals surface area contributed by atoms with Crippen molar-refractivity contribution >= 4 is 47.3 Å². The summed E-state index contributed by atoms with van der Waals surface area (Å²) in [6.45, 7) is 8.73. The van der Waals surface area contributed by atoms with Gasteiger partial charge < -0.3 is 41.0 Å². The van der Waals surface area contributed by atoms with Crippen molar-refractivity contribution in [2.45, 2.75) is 155 Å². The van der Waals surface area contributed by atoms with Crippen LogP contribution in [0.2, 0.25) is 0 Å². The molecule has 5 N–H and O–H groups in total. The Bertz CT molecular complexity index is 1050. The Morgan fingerprint density at radius 1 is 0.583 bits per heavy atom. The van der Waals surface area contributed by atoms with Gasteiger partial charge in [0.25, 0.3) is 0 Å². The second kappa shape index (κ2) is 26.5. The lowest BCUT2D eigenvalue weighted by Gasteiger charge is -2.23. The van der Waals surface area contributed by atoms with E-state index < -0.39 is 12.1 Å². The first-order chi connectivity index (χ1) is 22.7. The van der Waals surface area contributed by atoms with Crippen LogP contribution in [0.5, 0.6) is 0 Å². The number of hydrogen-bond acceptors (Lipinski definition) is 9. The Morgan fingerprint density at radius 2 is 1.12 bits per heavy atom. The Kier molecular flexibility index (Phi) is 24.6. The minimum Gasteiger partial charge on any atom is -0.356 e. The molecular formula is C35H61N5O8. The molecule has 5 atom stereocenters. The highest BCUT2D eigenvalue weighted by molar-refractivity contribution is 5.82. The average Bonchev–Trinajstić information content (AvgIpc) is 3.00. The molecule has 0 aromatic heterocycles. The summed E-state index contributed by atoms with van der Waals surface area (Å²) in [6.07, 6.45) is 5.92. The van der Waals surface area contributed by atoms with Gasteiger partial charge in [-0.2, -0.15) is 0 Å². The van der Waals surface area contributed by atoms with Crippen molar-refractivity contribution in [3.8, 4) is 0 Å². The molecule has 0 radical (unpaired) electrons. The first-order valence-electron chi connectivity index (χ1n) is 17.4. The molecule has 0 bridgehead atoms. The van der Waals surface area contributed by atoms with Crippen molar-refractivity contribution in [1.82, 2.24) is 26.6 Å². The zero-order chi connectivity index (χ0) is 36.5. The van der Waals surface area contributed by atoms with Crippen LogP contribution in [-0.2, 0) is 38.4 Å². The topological polar surface area (TPSA) is 197 Å². The molecule has 274 valence electrons. The van der Waals surface area contributed by atoms with Crippen molar-refractivity contribution in [2.75, 3.05) is 13.6 Å². The monoisotopic (exact) mass is 679 g/mol. The summed E-state index contributed by atoms with van der Waals surface area (Å²) in [6, 6.07) is -1.31. The minimum absolute atomic E-state index is 0.00761. The van der Waals surface area contributed by atoms with E-state index in [0.29, 0.717) is 57.9 Å². The maximum absolute atomic E-state index is 13.1. The van der Waals surface area contributed by atoms with Crippen LogP contribution < -0.4 is 26.6 Å². The normalized spacial score (nSPS) is 14.0. The van der Waals surface area contributed by atoms with Gasteiger partial charge in [0.1, 0.15) is 23.6 Å². The van der Waals surface area contributed by atoms with Crippen molar-refractivity contribution in [3.63, 3.8) is 0 Å². The van der Waals surface area contributed by atoms with Crippen molar-refractivity contribution in [2.24, 2.45) is 5.92 Å². The lowest BCUT2D eigenvalue weighted by molar-refractivity contribution is -0.127. The predicted octanol–water partition coefficient (Wildman–Crippen LogP) is 2.62. The summed E-state index contributed by atoms with van der Waals surface area (Å²) in [5.74, 6) is -0.997. The molecule has 4 amide bonds. The maximum Gasteiger partial charge on any atom is 0.222 e. The first-order valence-corrected chi connectivity index (χ1v) is 17.4. The SMILES string of the molecule is CCC(CCCNC(=O)CC(CCC(C)=O)NC)NC(=O)CC(CCC(=O)NC(CCC=O)CC(C)=O)NC(=O)CC(C)CCC(C)=O. The molecule has 0 aliphatic heterocycles. The predicted molar refractivity (Wildman–Crippen MR) is 184 cm³/mol. The third kappa shape index (κ3) is 24.7. The number of carbonyl (C=O) groups excluding carboxylic acids is 8. The zero-order valence-electron chi connectivity index (χ0n) is 30.0. The van der Waals surface area contributed by atoms with Crippen LogP contribution in [0.3, 0.4) is 0 Å². The fraction of sp³-hybridized carbons (Fsp3) is 0.771. The summed E-state index contributed by atoms with van der Waals surface area (Å²) in [5.41, 5.74) is 0. The fourth-order valence-electron chi connectivity index (χ4n) is 5.31. The van der Waals surface area contributed by atoms with Gasteiger partial charge in [-0.25, -0.2) is 0 Å². The third-order valence-corrected chi connectivity index (χ3v) is 8.17. The molecule has 0 aliphatic rings. The Hall–Kier alpha value is -3.48. The Labute approximate surface area is 286 Å². The van der Waals surface area contributed by atoms with Crippen LogP contribution in [0, 0.1) is 5.92 Å². The Morgan fingerprint density at radius 3 is 1.71 bits per heavy atom. The van der Waals surface area contributed by atoms with E-state index in [1.54, 1.807) is 7.05 Å². The van der Waals surface area contributed by atoms with Crippen LogP contribution in [0.1, 0.15) is 131 Å². The number of rotatable bonds is 29. The largest absolute Gasteiger partial charge is 0.356 e. The van der Waals surface area contributed by atoms with Gasteiger partial charge in [-0.05, 0) is 78.7 Å². The number of ketones is 3. The lowest BCUT2D eigenvalue weighted by Crippen LogP contribution is -2.43. The second-order valence-electron chi connectivity index (χ2n) is 13.1. The van der Waals surface area contributed by atoms with Crippen molar-refractivity contribution in [3.05, 3.63) is 0 Å². The average molecular weight is 680 g/mol. The molecular weight excluding hydrogens is 618 g/mol. The van der Waals surface area contributed by atoms with Gasteiger partial charge in [-0.3, -0.25) is 24.0 Å². The van der Waals surface area contributed by atoms with Crippen molar-refractivity contribution in [1.29, 1.82) is 0 Å². The van der Waals surface area contributed by atoms with Gasteiger partial charge >= 0.3 is 0 Å². The van der Waals surface area contributed by atoms with Crippen LogP contribution >= 0.6 is 0 Å². The molecule has 0 aromatic rings. The summed E-state index contributed by atoms with van der Waals surface area (Å²) in [4.78, 5) is 96.1. The maximum atomic E-state index is 13.1. The zero-order valence-corrected chi connectivity index (χ0v) is 30.0. The molecule has 0 saturated carbocycles. The van der Waals surface area contributed by atoms with Crippen LogP contribution in [0.4, 0.5) is 0 Å². The standard InChI is InChI=1S/C35H61N5O8/c1-7-28(10-8-18-37-33(46)22-29(36-6)15-14-26(4)43)38-35(48)23-31(40-34(47)20-24(2)12-13-25(3)42)16-17-32(45)39-30(11-9-19-41)21-27(5)44/h19,24,28-31,36H,7-18,20-23H2,1-6H3,(H,37,46)(H,38,48)(H,39,45)(H,40,47). The first kappa shape index (κ1) is 44.5. The highest BCUT2D eigenvalue weighted by Crippen LogP contribution is 2.13. The van der Waals surface area contributed by atoms with Crippen LogP contribution in [0.25, 0.3) is 0 Å². The molecule has 0 spiro atoms. The van der Waals surface area contributed by atoms with Crippen LogP contribution in [0.15, 0.2) is 0 Å². The summed E-state index contributed by atoms with van der Waals surface area (Å²) in [7, 11) is 1.76. The van der Waals surface area contributed by atoms with Gasteiger partial charge in [0.15, 0.2) is 0 Å². The van der Waals surface area contributed by atoms with Crippen LogP contribution in [-0.4, -0.2) is 85.0 Å². The fourth-order valence-corrected chi connectivity index (χ4v) is 5.31. The summed E-state index contributed by atoms with van der Waals surface area (Å²) >= 11 is 0. The quantitative estimate of drug-likeness (QED) is 0.0583. The summed E-state index contributed by atoms with van der Waals surface area (Å²) in [5, 5.41) is 14.7. The molecule has 5 unspecified atom stereocenters. The molecule has 48 heavy (non-hydrogen) atoms. The lowest BCUT2D eigenvalue weighted by atomic mass is 9.99. The van der Waals surface area contributed by atoms with Gasteiger partial charge in [0.2, 0.25) is 23.6 Å². The van der Waals surface area contributed by atoms with E-state index in [9.17, 15) is 38.4 Å².